The van der Waals surface area contributed by atoms with Crippen LogP contribution in [0.15, 0.2) is 11.5 Å². The van der Waals surface area contributed by atoms with Gasteiger partial charge >= 0.3 is 34.6 Å². The zero-order chi connectivity index (χ0) is 8.27. The molecule has 0 aromatic carbocycles. The fourth-order valence-corrected chi connectivity index (χ4v) is 1.01. The molecule has 58 valence electrons. The Morgan fingerprint density at radius 2 is 2.42 bits per heavy atom. The molecule has 9 heteroatoms. The zero-order valence-electron chi connectivity index (χ0n) is 6.05. The van der Waals surface area contributed by atoms with Gasteiger partial charge in [-0.15, -0.1) is 4.91 Å². The Hall–Kier alpha value is -0.570. The van der Waals surface area contributed by atoms with Gasteiger partial charge in [0.1, 0.15) is 6.20 Å². The molecule has 0 radical (unpaired) electrons. The largest absolute Gasteiger partial charge is 1.00 e. The van der Waals surface area contributed by atoms with E-state index in [1.165, 1.54) is 0 Å². The van der Waals surface area contributed by atoms with Crippen molar-refractivity contribution in [3.05, 3.63) is 21.2 Å². The van der Waals surface area contributed by atoms with E-state index in [-0.39, 0.29) is 39.7 Å². The number of rotatable bonds is 3. The van der Waals surface area contributed by atoms with Crippen molar-refractivity contribution in [1.29, 1.82) is 0 Å². The van der Waals surface area contributed by atoms with E-state index in [0.29, 0.717) is 0 Å². The molecular formula is C3H2N4NaO3S+. The van der Waals surface area contributed by atoms with Crippen LogP contribution < -0.4 is 35.0 Å². The zero-order valence-corrected chi connectivity index (χ0v) is 8.87. The van der Waals surface area contributed by atoms with Gasteiger partial charge < -0.3 is 0 Å². The van der Waals surface area contributed by atoms with Crippen LogP contribution in [0, 0.1) is 15.0 Å². The van der Waals surface area contributed by atoms with Gasteiger partial charge in [-0.1, -0.05) is 0 Å². The molecule has 0 bridgehead atoms. The summed E-state index contributed by atoms with van der Waals surface area (Å²) in [4.78, 5) is 22.6. The number of thiazole rings is 1. The van der Waals surface area contributed by atoms with E-state index in [1.807, 2.05) is 5.43 Å². The second kappa shape index (κ2) is 5.14. The van der Waals surface area contributed by atoms with Crippen molar-refractivity contribution in [3.63, 3.8) is 0 Å². The second-order valence-electron chi connectivity index (χ2n) is 1.46. The van der Waals surface area contributed by atoms with E-state index in [4.69, 9.17) is 0 Å². The van der Waals surface area contributed by atoms with Gasteiger partial charge in [-0.05, 0) is 11.3 Å². The summed E-state index contributed by atoms with van der Waals surface area (Å²) in [7, 11) is 0. The van der Waals surface area contributed by atoms with Crippen molar-refractivity contribution in [2.24, 2.45) is 5.29 Å². The van der Waals surface area contributed by atoms with Gasteiger partial charge in [0.2, 0.25) is 5.13 Å². The molecule has 0 amide bonds. The minimum Gasteiger partial charge on any atom is -0.257 e. The summed E-state index contributed by atoms with van der Waals surface area (Å²) in [5.41, 5.74) is 1.96. The maximum Gasteiger partial charge on any atom is 1.00 e. The normalized spacial score (nSPS) is 8.33. The van der Waals surface area contributed by atoms with Crippen LogP contribution in [0.4, 0.5) is 10.1 Å². The SMILES string of the molecule is O=NNc1ncc([N+](=O)[O-])s1.[Na+]. The third kappa shape index (κ3) is 2.81. The van der Waals surface area contributed by atoms with Crippen molar-refractivity contribution in [2.45, 2.75) is 0 Å². The van der Waals surface area contributed by atoms with Crippen molar-refractivity contribution >= 4 is 21.5 Å². The van der Waals surface area contributed by atoms with Gasteiger partial charge in [0.25, 0.3) is 0 Å². The number of nitroso groups, excluding NO2 is 1. The molecule has 12 heavy (non-hydrogen) atoms. The van der Waals surface area contributed by atoms with Gasteiger partial charge in [0, 0.05) is 0 Å². The standard InChI is InChI=1S/C3H2N4O3S.Na/c8-6-5-3-4-1-2(11-3)7(9)10;/h1H,(H,4,5,8);/q;+1. The predicted octanol–water partition coefficient (Wildman–Crippen LogP) is -1.85. The minimum absolute atomic E-state index is 0. The fraction of sp³-hybridized carbons (Fsp3) is 0. The number of anilines is 1. The van der Waals surface area contributed by atoms with Crippen molar-refractivity contribution in [2.75, 3.05) is 5.43 Å². The maximum absolute atomic E-state index is 10.1. The fourth-order valence-electron chi connectivity index (χ4n) is 0.441. The maximum atomic E-state index is 10.1. The molecule has 1 N–H and O–H groups in total. The van der Waals surface area contributed by atoms with Gasteiger partial charge in [-0.25, -0.2) is 10.4 Å². The monoisotopic (exact) mass is 197 g/mol. The van der Waals surface area contributed by atoms with E-state index in [9.17, 15) is 15.0 Å². The molecule has 1 aromatic rings. The first-order valence-electron chi connectivity index (χ1n) is 2.42. The third-order valence-corrected chi connectivity index (χ3v) is 1.67. The van der Waals surface area contributed by atoms with Crippen LogP contribution in [0.3, 0.4) is 0 Å². The quantitative estimate of drug-likeness (QED) is 0.265. The minimum atomic E-state index is -0.590. The Morgan fingerprint density at radius 1 is 1.75 bits per heavy atom. The van der Waals surface area contributed by atoms with Crippen LogP contribution in [0.25, 0.3) is 0 Å². The van der Waals surface area contributed by atoms with Crippen LogP contribution in [0.5, 0.6) is 0 Å². The molecule has 0 fully saturated rings. The summed E-state index contributed by atoms with van der Waals surface area (Å²) in [6, 6.07) is 0. The Morgan fingerprint density at radius 3 is 2.83 bits per heavy atom. The molecule has 0 saturated heterocycles. The Kier molecular flexibility index (Phi) is 4.90. The average Bonchev–Trinajstić information content (AvgIpc) is 2.37. The molecule has 0 unspecified atom stereocenters. The first-order valence-corrected chi connectivity index (χ1v) is 3.24. The first kappa shape index (κ1) is 11.4. The molecule has 7 nitrogen and oxygen atoms in total. The second-order valence-corrected chi connectivity index (χ2v) is 2.47. The van der Waals surface area contributed by atoms with E-state index in [0.717, 1.165) is 17.5 Å². The predicted molar refractivity (Wildman–Crippen MR) is 38.2 cm³/mol. The Bertz CT molecular complexity index is 289. The topological polar surface area (TPSA) is 97.5 Å². The van der Waals surface area contributed by atoms with Crippen LogP contribution in [-0.2, 0) is 0 Å². The number of nitrogens with zero attached hydrogens (tertiary/aromatic N) is 3. The summed E-state index contributed by atoms with van der Waals surface area (Å²) < 4.78 is 0. The molecule has 1 rings (SSSR count). The van der Waals surface area contributed by atoms with Gasteiger partial charge in [0.05, 0.1) is 10.2 Å². The van der Waals surface area contributed by atoms with Crippen LogP contribution in [-0.4, -0.2) is 9.91 Å². The molecule has 1 aromatic heterocycles. The molecule has 0 aliphatic rings. The van der Waals surface area contributed by atoms with Crippen LogP contribution >= 0.6 is 11.3 Å². The van der Waals surface area contributed by atoms with Crippen molar-refractivity contribution < 1.29 is 34.5 Å². The summed E-state index contributed by atoms with van der Waals surface area (Å²) in [5, 5.41) is 12.4. The molecule has 0 spiro atoms. The van der Waals surface area contributed by atoms with Crippen LogP contribution in [0.1, 0.15) is 0 Å². The van der Waals surface area contributed by atoms with Gasteiger partial charge in [-0.2, -0.15) is 0 Å². The number of hydrogen-bond donors (Lipinski definition) is 1. The van der Waals surface area contributed by atoms with Crippen molar-refractivity contribution in [3.8, 4) is 0 Å². The average molecular weight is 197 g/mol. The van der Waals surface area contributed by atoms with E-state index in [2.05, 4.69) is 10.3 Å². The van der Waals surface area contributed by atoms with Gasteiger partial charge in [-0.3, -0.25) is 10.1 Å². The molecule has 0 aliphatic carbocycles. The van der Waals surface area contributed by atoms with E-state index in [1.54, 1.807) is 0 Å². The molecule has 0 aliphatic heterocycles. The Balaban J connectivity index is 0.00000121. The summed E-state index contributed by atoms with van der Waals surface area (Å²) >= 11 is 0.751. The van der Waals surface area contributed by atoms with Crippen molar-refractivity contribution in [1.82, 2.24) is 4.98 Å². The molecule has 0 atom stereocenters. The van der Waals surface area contributed by atoms with E-state index < -0.39 is 4.92 Å². The first-order chi connectivity index (χ1) is 5.24. The van der Waals surface area contributed by atoms with Gasteiger partial charge in [0.15, 0.2) is 0 Å². The summed E-state index contributed by atoms with van der Waals surface area (Å²) in [6.45, 7) is 0. The number of nitro groups is 1. The number of hydrogen-bond acceptors (Lipinski definition) is 6. The summed E-state index contributed by atoms with van der Waals surface area (Å²) in [5.74, 6) is 0. The smallest absolute Gasteiger partial charge is 0.257 e. The number of nitrogens with one attached hydrogen (secondary N) is 1. The number of aromatic nitrogens is 1. The molecule has 1 heterocycles. The van der Waals surface area contributed by atoms with Crippen LogP contribution in [0.2, 0.25) is 0 Å². The van der Waals surface area contributed by atoms with E-state index >= 15 is 0 Å². The Labute approximate surface area is 92.6 Å². The molecule has 0 saturated carbocycles. The summed E-state index contributed by atoms with van der Waals surface area (Å²) in [6.07, 6.45) is 1.05. The molecular weight excluding hydrogens is 195 g/mol. The third-order valence-electron chi connectivity index (χ3n) is 0.815.